The average molecular weight is 255 g/mol. The second-order valence-electron chi connectivity index (χ2n) is 4.60. The van der Waals surface area contributed by atoms with Gasteiger partial charge in [0.05, 0.1) is 11.0 Å². The first-order valence-corrected chi connectivity index (χ1v) is 6.90. The van der Waals surface area contributed by atoms with Crippen LogP contribution in [-0.4, -0.2) is 16.5 Å². The van der Waals surface area contributed by atoms with Gasteiger partial charge >= 0.3 is 0 Å². The number of benzene rings is 1. The van der Waals surface area contributed by atoms with E-state index in [0.717, 1.165) is 36.8 Å². The van der Waals surface area contributed by atoms with Gasteiger partial charge in [0.2, 0.25) is 0 Å². The molecule has 2 rings (SSSR count). The molecule has 0 bridgehead atoms. The highest BCUT2D eigenvalue weighted by atomic mass is 14.9. The maximum Gasteiger partial charge on any atom is 0.0934 e. The lowest BCUT2D eigenvalue weighted by atomic mass is 9.99. The van der Waals surface area contributed by atoms with Crippen molar-refractivity contribution >= 4 is 11.0 Å². The molecular formula is C16H21N3. The molecule has 3 heteroatoms. The fraction of sp³-hybridized carbons (Fsp3) is 0.375. The lowest BCUT2D eigenvalue weighted by Crippen LogP contribution is -2.21. The summed E-state index contributed by atoms with van der Waals surface area (Å²) in [6, 6.07) is 6.56. The molecular weight excluding hydrogens is 234 g/mol. The second-order valence-corrected chi connectivity index (χ2v) is 4.60. The Balaban J connectivity index is 2.29. The second kappa shape index (κ2) is 7.00. The Morgan fingerprint density at radius 2 is 2.16 bits per heavy atom. The summed E-state index contributed by atoms with van der Waals surface area (Å²) in [5, 5.41) is 3.55. The fourth-order valence-corrected chi connectivity index (χ4v) is 2.38. The van der Waals surface area contributed by atoms with Crippen LogP contribution in [-0.2, 0) is 0 Å². The fourth-order valence-electron chi connectivity index (χ4n) is 2.38. The monoisotopic (exact) mass is 255 g/mol. The number of hydrogen-bond donors (Lipinski definition) is 1. The van der Waals surface area contributed by atoms with E-state index in [4.69, 9.17) is 0 Å². The quantitative estimate of drug-likeness (QED) is 0.606. The van der Waals surface area contributed by atoms with Gasteiger partial charge in [0.1, 0.15) is 0 Å². The molecule has 0 aliphatic heterocycles. The minimum absolute atomic E-state index is 0.338. The van der Waals surface area contributed by atoms with Crippen LogP contribution in [0, 0.1) is 0 Å². The van der Waals surface area contributed by atoms with Crippen LogP contribution < -0.4 is 5.32 Å². The third-order valence-electron chi connectivity index (χ3n) is 3.26. The highest BCUT2D eigenvalue weighted by Gasteiger charge is 2.13. The van der Waals surface area contributed by atoms with Crippen molar-refractivity contribution in [2.24, 2.45) is 0 Å². The van der Waals surface area contributed by atoms with E-state index >= 15 is 0 Å². The van der Waals surface area contributed by atoms with Crippen LogP contribution in [0.3, 0.4) is 0 Å². The maximum absolute atomic E-state index is 4.49. The van der Waals surface area contributed by atoms with Crippen molar-refractivity contribution in [3.63, 3.8) is 0 Å². The van der Waals surface area contributed by atoms with Gasteiger partial charge in [-0.05, 0) is 37.4 Å². The number of nitrogens with one attached hydrogen (secondary N) is 1. The van der Waals surface area contributed by atoms with E-state index in [9.17, 15) is 0 Å². The van der Waals surface area contributed by atoms with Crippen LogP contribution in [0.4, 0.5) is 0 Å². The van der Waals surface area contributed by atoms with E-state index < -0.39 is 0 Å². The summed E-state index contributed by atoms with van der Waals surface area (Å²) in [7, 11) is 0. The molecule has 1 atom stereocenters. The van der Waals surface area contributed by atoms with Crippen LogP contribution in [0.5, 0.6) is 0 Å². The molecule has 2 aromatic rings. The average Bonchev–Trinajstić information content (AvgIpc) is 2.46. The number of nitrogens with zero attached hydrogens (tertiary/aromatic N) is 2. The van der Waals surface area contributed by atoms with E-state index in [0.29, 0.717) is 6.04 Å². The highest BCUT2D eigenvalue weighted by molar-refractivity contribution is 5.78. The molecule has 0 radical (unpaired) electrons. The molecule has 0 fully saturated rings. The van der Waals surface area contributed by atoms with E-state index in [1.807, 2.05) is 12.1 Å². The first-order valence-electron chi connectivity index (χ1n) is 6.90. The largest absolute Gasteiger partial charge is 0.310 e. The number of unbranched alkanes of at least 4 members (excludes halogenated alkanes) is 1. The summed E-state index contributed by atoms with van der Waals surface area (Å²) in [5.41, 5.74) is 3.22. The number of allylic oxidation sites excluding steroid dienone is 1. The zero-order chi connectivity index (χ0) is 13.5. The third kappa shape index (κ3) is 3.38. The summed E-state index contributed by atoms with van der Waals surface area (Å²) in [5.74, 6) is 0. The Hall–Kier alpha value is -1.74. The van der Waals surface area contributed by atoms with E-state index in [1.54, 1.807) is 12.4 Å². The molecule has 0 amide bonds. The molecule has 3 nitrogen and oxygen atoms in total. The molecule has 0 spiro atoms. The van der Waals surface area contributed by atoms with Gasteiger partial charge in [0.25, 0.3) is 0 Å². The first-order chi connectivity index (χ1) is 9.36. The Labute approximate surface area is 114 Å². The number of aromatic nitrogens is 2. The molecule has 1 aromatic carbocycles. The van der Waals surface area contributed by atoms with Crippen LogP contribution in [0.1, 0.15) is 37.8 Å². The summed E-state index contributed by atoms with van der Waals surface area (Å²) in [6.45, 7) is 6.87. The molecule has 1 N–H and O–H groups in total. The van der Waals surface area contributed by atoms with Gasteiger partial charge in [-0.25, -0.2) is 0 Å². The van der Waals surface area contributed by atoms with Gasteiger partial charge in [-0.2, -0.15) is 0 Å². The van der Waals surface area contributed by atoms with Crippen LogP contribution in [0.2, 0.25) is 0 Å². The van der Waals surface area contributed by atoms with E-state index in [2.05, 4.69) is 40.9 Å². The lowest BCUT2D eigenvalue weighted by molar-refractivity contribution is 0.502. The Morgan fingerprint density at radius 3 is 2.95 bits per heavy atom. The number of fused-ring (bicyclic) bond motifs is 1. The molecule has 1 unspecified atom stereocenters. The van der Waals surface area contributed by atoms with Crippen molar-refractivity contribution in [3.8, 4) is 0 Å². The number of rotatable bonds is 7. The zero-order valence-electron chi connectivity index (χ0n) is 11.5. The standard InChI is InChI=1S/C16H21N3/c1-3-5-6-9-14(17-4-2)13-8-7-10-15-16(13)19-12-11-18-15/h3,7-8,10-12,14,17H,1,4-6,9H2,2H3. The normalized spacial score (nSPS) is 12.5. The minimum Gasteiger partial charge on any atom is -0.310 e. The molecule has 1 aromatic heterocycles. The van der Waals surface area contributed by atoms with Gasteiger partial charge in [0, 0.05) is 18.4 Å². The summed E-state index contributed by atoms with van der Waals surface area (Å²) in [4.78, 5) is 8.86. The number of para-hydroxylation sites is 1. The molecule has 0 aliphatic rings. The minimum atomic E-state index is 0.338. The number of hydrogen-bond acceptors (Lipinski definition) is 3. The maximum atomic E-state index is 4.49. The summed E-state index contributed by atoms with van der Waals surface area (Å²) < 4.78 is 0. The van der Waals surface area contributed by atoms with Crippen molar-refractivity contribution in [1.82, 2.24) is 15.3 Å². The van der Waals surface area contributed by atoms with Crippen molar-refractivity contribution in [2.75, 3.05) is 6.54 Å². The zero-order valence-corrected chi connectivity index (χ0v) is 11.5. The SMILES string of the molecule is C=CCCCC(NCC)c1cccc2nccnc12. The van der Waals surface area contributed by atoms with Gasteiger partial charge in [-0.1, -0.05) is 25.1 Å². The predicted octanol–water partition coefficient (Wildman–Crippen LogP) is 3.64. The highest BCUT2D eigenvalue weighted by Crippen LogP contribution is 2.25. The lowest BCUT2D eigenvalue weighted by Gasteiger charge is -2.19. The third-order valence-corrected chi connectivity index (χ3v) is 3.26. The van der Waals surface area contributed by atoms with Crippen molar-refractivity contribution in [1.29, 1.82) is 0 Å². The molecule has 19 heavy (non-hydrogen) atoms. The van der Waals surface area contributed by atoms with Gasteiger partial charge in [0.15, 0.2) is 0 Å². The van der Waals surface area contributed by atoms with Crippen molar-refractivity contribution in [3.05, 3.63) is 48.8 Å². The summed E-state index contributed by atoms with van der Waals surface area (Å²) >= 11 is 0. The molecule has 100 valence electrons. The van der Waals surface area contributed by atoms with E-state index in [1.165, 1.54) is 5.56 Å². The van der Waals surface area contributed by atoms with Gasteiger partial charge in [-0.15, -0.1) is 6.58 Å². The van der Waals surface area contributed by atoms with Gasteiger partial charge in [-0.3, -0.25) is 9.97 Å². The van der Waals surface area contributed by atoms with Crippen molar-refractivity contribution < 1.29 is 0 Å². The molecule has 0 saturated heterocycles. The molecule has 0 aliphatic carbocycles. The van der Waals surface area contributed by atoms with Gasteiger partial charge < -0.3 is 5.32 Å². The predicted molar refractivity (Wildman–Crippen MR) is 80.0 cm³/mol. The first kappa shape index (κ1) is 13.7. The van der Waals surface area contributed by atoms with Crippen LogP contribution in [0.15, 0.2) is 43.2 Å². The van der Waals surface area contributed by atoms with E-state index in [-0.39, 0.29) is 0 Å². The Bertz CT molecular complexity index is 531. The molecule has 1 heterocycles. The molecule has 0 saturated carbocycles. The smallest absolute Gasteiger partial charge is 0.0934 e. The summed E-state index contributed by atoms with van der Waals surface area (Å²) in [6.07, 6.45) is 8.77. The Kier molecular flexibility index (Phi) is 5.04. The van der Waals surface area contributed by atoms with Crippen LogP contribution >= 0.6 is 0 Å². The Morgan fingerprint density at radius 1 is 1.32 bits per heavy atom. The van der Waals surface area contributed by atoms with Crippen LogP contribution in [0.25, 0.3) is 11.0 Å². The van der Waals surface area contributed by atoms with Crippen molar-refractivity contribution in [2.45, 2.75) is 32.2 Å². The topological polar surface area (TPSA) is 37.8 Å².